The Labute approximate surface area is 266 Å². The molecule has 0 atom stereocenters. The standard InChI is InChI=1S/C34H34F3N3O5S/c1-44-30-17-16-29(23-31(30)45-2)46(42,43)40(28-15-9-14-27(22-28)34(35,36)37)24-32(41)38-18-20-39(21-19-38)33(25-10-5-3-6-11-25)26-12-7-4-8-13-26/h3-17,22-23,33H,18-21,24H2,1-2H3. The maximum Gasteiger partial charge on any atom is 0.416 e. The number of nitrogens with zero attached hydrogens (tertiary/aromatic N) is 3. The van der Waals surface area contributed by atoms with E-state index < -0.39 is 34.2 Å². The molecule has 0 N–H and O–H groups in total. The van der Waals surface area contributed by atoms with Crippen LogP contribution in [-0.4, -0.2) is 71.1 Å². The summed E-state index contributed by atoms with van der Waals surface area (Å²) in [6, 6.07) is 27.8. The Morgan fingerprint density at radius 2 is 1.37 bits per heavy atom. The monoisotopic (exact) mass is 653 g/mol. The number of piperazine rings is 1. The molecule has 1 heterocycles. The third-order valence-electron chi connectivity index (χ3n) is 7.95. The normalized spacial score (nSPS) is 14.3. The molecule has 0 aliphatic carbocycles. The number of anilines is 1. The van der Waals surface area contributed by atoms with Gasteiger partial charge in [-0.15, -0.1) is 0 Å². The molecule has 0 bridgehead atoms. The lowest BCUT2D eigenvalue weighted by atomic mass is 9.96. The van der Waals surface area contributed by atoms with Crippen LogP contribution in [0, 0.1) is 0 Å². The second-order valence-corrected chi connectivity index (χ2v) is 12.6. The molecule has 12 heteroatoms. The van der Waals surface area contributed by atoms with Crippen LogP contribution in [0.2, 0.25) is 0 Å². The topological polar surface area (TPSA) is 79.4 Å². The van der Waals surface area contributed by atoms with Crippen molar-refractivity contribution in [3.8, 4) is 11.5 Å². The highest BCUT2D eigenvalue weighted by atomic mass is 32.2. The van der Waals surface area contributed by atoms with Crippen molar-refractivity contribution in [2.45, 2.75) is 17.1 Å². The average Bonchev–Trinajstić information content (AvgIpc) is 3.07. The first-order valence-electron chi connectivity index (χ1n) is 14.6. The van der Waals surface area contributed by atoms with E-state index in [2.05, 4.69) is 29.2 Å². The quantitative estimate of drug-likeness (QED) is 0.214. The van der Waals surface area contributed by atoms with Gasteiger partial charge >= 0.3 is 6.18 Å². The van der Waals surface area contributed by atoms with Crippen LogP contribution in [0.5, 0.6) is 11.5 Å². The molecule has 1 aliphatic rings. The first-order chi connectivity index (χ1) is 22.0. The maximum atomic E-state index is 14.0. The fraction of sp³-hybridized carbons (Fsp3) is 0.265. The van der Waals surface area contributed by atoms with Crippen LogP contribution in [0.4, 0.5) is 18.9 Å². The van der Waals surface area contributed by atoms with E-state index >= 15 is 0 Å². The minimum absolute atomic E-state index is 0.0494. The summed E-state index contributed by atoms with van der Waals surface area (Å²) in [7, 11) is -1.81. The Balaban J connectivity index is 1.41. The molecule has 0 aromatic heterocycles. The number of sulfonamides is 1. The molecular weight excluding hydrogens is 619 g/mol. The average molecular weight is 654 g/mol. The summed E-state index contributed by atoms with van der Waals surface area (Å²) in [4.78, 5) is 17.3. The lowest BCUT2D eigenvalue weighted by Gasteiger charge is -2.40. The number of ether oxygens (including phenoxy) is 2. The molecule has 5 rings (SSSR count). The van der Waals surface area contributed by atoms with Crippen molar-refractivity contribution in [2.24, 2.45) is 0 Å². The van der Waals surface area contributed by atoms with E-state index in [-0.39, 0.29) is 28.1 Å². The molecule has 4 aromatic rings. The van der Waals surface area contributed by atoms with Gasteiger partial charge in [-0.1, -0.05) is 66.7 Å². The summed E-state index contributed by atoms with van der Waals surface area (Å²) in [6.45, 7) is 0.931. The Kier molecular flexibility index (Phi) is 9.88. The van der Waals surface area contributed by atoms with Crippen LogP contribution in [0.25, 0.3) is 0 Å². The molecule has 0 spiro atoms. The van der Waals surface area contributed by atoms with Crippen LogP contribution in [0.3, 0.4) is 0 Å². The fourth-order valence-corrected chi connectivity index (χ4v) is 7.02. The van der Waals surface area contributed by atoms with Crippen LogP contribution in [-0.2, 0) is 21.0 Å². The minimum Gasteiger partial charge on any atom is -0.493 e. The molecule has 1 fully saturated rings. The number of rotatable bonds is 10. The third-order valence-corrected chi connectivity index (χ3v) is 9.72. The number of benzene rings is 4. The van der Waals surface area contributed by atoms with Gasteiger partial charge in [0.05, 0.1) is 36.4 Å². The zero-order chi connectivity index (χ0) is 32.9. The van der Waals surface area contributed by atoms with Crippen molar-refractivity contribution < 1.29 is 35.9 Å². The van der Waals surface area contributed by atoms with E-state index in [9.17, 15) is 26.4 Å². The van der Waals surface area contributed by atoms with Crippen molar-refractivity contribution in [1.82, 2.24) is 9.80 Å². The van der Waals surface area contributed by atoms with E-state index in [1.54, 1.807) is 4.90 Å². The Hall–Kier alpha value is -4.55. The van der Waals surface area contributed by atoms with Gasteiger partial charge in [0.1, 0.15) is 6.54 Å². The zero-order valence-corrected chi connectivity index (χ0v) is 26.2. The maximum absolute atomic E-state index is 14.0. The largest absolute Gasteiger partial charge is 0.493 e. The Bertz CT molecular complexity index is 1710. The van der Waals surface area contributed by atoms with Crippen LogP contribution in [0.1, 0.15) is 22.7 Å². The van der Waals surface area contributed by atoms with E-state index in [1.807, 2.05) is 36.4 Å². The van der Waals surface area contributed by atoms with Gasteiger partial charge in [0.25, 0.3) is 10.0 Å². The number of methoxy groups -OCH3 is 2. The molecule has 4 aromatic carbocycles. The number of halogens is 3. The van der Waals surface area contributed by atoms with Gasteiger partial charge in [-0.25, -0.2) is 8.42 Å². The van der Waals surface area contributed by atoms with Gasteiger partial charge < -0.3 is 14.4 Å². The highest BCUT2D eigenvalue weighted by molar-refractivity contribution is 7.92. The summed E-state index contributed by atoms with van der Waals surface area (Å²) in [5.74, 6) is -0.149. The third kappa shape index (κ3) is 7.13. The molecule has 1 saturated heterocycles. The fourth-order valence-electron chi connectivity index (χ4n) is 5.59. The summed E-state index contributed by atoms with van der Waals surface area (Å²) < 4.78 is 80.2. The van der Waals surface area contributed by atoms with Gasteiger partial charge in [0.2, 0.25) is 5.91 Å². The van der Waals surface area contributed by atoms with Crippen LogP contribution >= 0.6 is 0 Å². The number of hydrogen-bond acceptors (Lipinski definition) is 6. The number of hydrogen-bond donors (Lipinski definition) is 0. The van der Waals surface area contributed by atoms with E-state index in [0.29, 0.717) is 26.2 Å². The van der Waals surface area contributed by atoms with Gasteiger partial charge in [-0.2, -0.15) is 13.2 Å². The highest BCUT2D eigenvalue weighted by Crippen LogP contribution is 2.36. The second-order valence-electron chi connectivity index (χ2n) is 10.7. The molecule has 1 amide bonds. The van der Waals surface area contributed by atoms with E-state index in [4.69, 9.17) is 9.47 Å². The van der Waals surface area contributed by atoms with Crippen LogP contribution in [0.15, 0.2) is 108 Å². The molecule has 242 valence electrons. The number of alkyl halides is 3. The number of amides is 1. The van der Waals surface area contributed by atoms with Gasteiger partial charge in [0.15, 0.2) is 11.5 Å². The molecule has 0 saturated carbocycles. The van der Waals surface area contributed by atoms with Gasteiger partial charge in [-0.05, 0) is 41.5 Å². The summed E-state index contributed by atoms with van der Waals surface area (Å²) in [5, 5.41) is 0. The van der Waals surface area contributed by atoms with Crippen molar-refractivity contribution in [3.05, 3.63) is 120 Å². The summed E-state index contributed by atoms with van der Waals surface area (Å²) in [6.07, 6.45) is -4.72. The smallest absolute Gasteiger partial charge is 0.416 e. The van der Waals surface area contributed by atoms with Crippen molar-refractivity contribution in [1.29, 1.82) is 0 Å². The van der Waals surface area contributed by atoms with E-state index in [1.165, 1.54) is 38.5 Å². The molecule has 0 radical (unpaired) electrons. The minimum atomic E-state index is -4.72. The SMILES string of the molecule is COc1ccc(S(=O)(=O)N(CC(=O)N2CCN(C(c3ccccc3)c3ccccc3)CC2)c2cccc(C(F)(F)F)c2)cc1OC. The second kappa shape index (κ2) is 13.8. The molecule has 0 unspecified atom stereocenters. The zero-order valence-electron chi connectivity index (χ0n) is 25.4. The van der Waals surface area contributed by atoms with Crippen molar-refractivity contribution >= 4 is 21.6 Å². The lowest BCUT2D eigenvalue weighted by molar-refractivity contribution is -0.137. The lowest BCUT2D eigenvalue weighted by Crippen LogP contribution is -2.52. The Morgan fingerprint density at radius 1 is 0.783 bits per heavy atom. The van der Waals surface area contributed by atoms with Crippen LogP contribution < -0.4 is 13.8 Å². The summed E-state index contributed by atoms with van der Waals surface area (Å²) >= 11 is 0. The predicted octanol–water partition coefficient (Wildman–Crippen LogP) is 5.85. The highest BCUT2D eigenvalue weighted by Gasteiger charge is 2.35. The molecule has 1 aliphatic heterocycles. The van der Waals surface area contributed by atoms with Gasteiger partial charge in [-0.3, -0.25) is 14.0 Å². The number of carbonyl (C=O) groups is 1. The first-order valence-corrected chi connectivity index (χ1v) is 16.0. The Morgan fingerprint density at radius 3 is 1.91 bits per heavy atom. The summed E-state index contributed by atoms with van der Waals surface area (Å²) in [5.41, 5.74) is 0.881. The number of carbonyl (C=O) groups excluding carboxylic acids is 1. The molecule has 46 heavy (non-hydrogen) atoms. The van der Waals surface area contributed by atoms with Gasteiger partial charge in [0, 0.05) is 32.2 Å². The van der Waals surface area contributed by atoms with Crippen molar-refractivity contribution in [2.75, 3.05) is 51.2 Å². The first kappa shape index (κ1) is 32.8. The molecular formula is C34H34F3N3O5S. The predicted molar refractivity (Wildman–Crippen MR) is 168 cm³/mol. The molecule has 8 nitrogen and oxygen atoms in total. The van der Waals surface area contributed by atoms with E-state index in [0.717, 1.165) is 33.6 Å². The van der Waals surface area contributed by atoms with Crippen molar-refractivity contribution in [3.63, 3.8) is 0 Å².